The monoisotopic (exact) mass is 391 g/mol. The van der Waals surface area contributed by atoms with Crippen molar-refractivity contribution in [3.63, 3.8) is 0 Å². The zero-order valence-electron chi connectivity index (χ0n) is 16.4. The number of hydrogen-bond donors (Lipinski definition) is 1. The highest BCUT2D eigenvalue weighted by Crippen LogP contribution is 2.44. The van der Waals surface area contributed by atoms with Gasteiger partial charge in [-0.25, -0.2) is 9.37 Å². The molecule has 6 heteroatoms. The van der Waals surface area contributed by atoms with E-state index in [1.165, 1.54) is 12.1 Å². The van der Waals surface area contributed by atoms with Gasteiger partial charge in [0.25, 0.3) is 5.91 Å². The molecule has 148 valence electrons. The van der Waals surface area contributed by atoms with E-state index >= 15 is 0 Å². The van der Waals surface area contributed by atoms with Gasteiger partial charge >= 0.3 is 0 Å². The summed E-state index contributed by atoms with van der Waals surface area (Å²) >= 11 is 0. The fourth-order valence-electron chi connectivity index (χ4n) is 4.36. The fourth-order valence-corrected chi connectivity index (χ4v) is 4.36. The Morgan fingerprint density at radius 3 is 2.69 bits per heavy atom. The number of fused-ring (bicyclic) bond motifs is 1. The van der Waals surface area contributed by atoms with Crippen LogP contribution in [0, 0.1) is 17.7 Å². The number of nitrogens with one attached hydrogen (secondary N) is 1. The number of allylic oxidation sites excluding steroid dienone is 1. The van der Waals surface area contributed by atoms with Gasteiger partial charge in [0.1, 0.15) is 17.4 Å². The second kappa shape index (κ2) is 7.70. The Labute approximate surface area is 168 Å². The average molecular weight is 391 g/mol. The Bertz CT molecular complexity index is 1030. The summed E-state index contributed by atoms with van der Waals surface area (Å²) in [6.07, 6.45) is 2.72. The van der Waals surface area contributed by atoms with Crippen molar-refractivity contribution in [1.82, 2.24) is 4.98 Å². The molecule has 5 nitrogen and oxygen atoms in total. The lowest BCUT2D eigenvalue weighted by Gasteiger charge is -2.37. The number of ketones is 1. The fraction of sp³-hybridized carbons (Fsp3) is 0.304. The molecule has 0 saturated heterocycles. The van der Waals surface area contributed by atoms with Crippen molar-refractivity contribution < 1.29 is 14.0 Å². The van der Waals surface area contributed by atoms with E-state index in [9.17, 15) is 14.0 Å². The molecule has 4 rings (SSSR count). The molecule has 1 fully saturated rings. The molecule has 1 aliphatic carbocycles. The molecular weight excluding hydrogens is 369 g/mol. The molecule has 2 aromatic rings. The summed E-state index contributed by atoms with van der Waals surface area (Å²) in [5.74, 6) is -1.21. The number of rotatable bonds is 3. The summed E-state index contributed by atoms with van der Waals surface area (Å²) in [6, 6.07) is 11.4. The Kier molecular flexibility index (Phi) is 5.09. The van der Waals surface area contributed by atoms with Gasteiger partial charge in [-0.05, 0) is 49.1 Å². The highest BCUT2D eigenvalue weighted by atomic mass is 19.1. The largest absolute Gasteiger partial charge is 0.307 e. The van der Waals surface area contributed by atoms with Crippen molar-refractivity contribution in [1.29, 1.82) is 0 Å². The number of nitrogens with zero attached hydrogens (tertiary/aromatic N) is 2. The predicted octanol–water partition coefficient (Wildman–Crippen LogP) is 4.29. The first kappa shape index (κ1) is 19.2. The number of carbonyl (C=O) groups excluding carboxylic acids is 2. The number of amides is 1. The number of halogens is 1. The number of carbonyl (C=O) groups is 2. The van der Waals surface area contributed by atoms with Crippen molar-refractivity contribution in [3.8, 4) is 0 Å². The lowest BCUT2D eigenvalue weighted by atomic mass is 9.67. The quantitative estimate of drug-likeness (QED) is 0.849. The van der Waals surface area contributed by atoms with Gasteiger partial charge < -0.3 is 5.32 Å². The maximum atomic E-state index is 14.0. The van der Waals surface area contributed by atoms with Crippen LogP contribution in [0.1, 0.15) is 38.2 Å². The number of aromatic nitrogens is 1. The number of benzene rings is 1. The maximum Gasteiger partial charge on any atom is 0.255 e. The van der Waals surface area contributed by atoms with E-state index in [2.05, 4.69) is 15.3 Å². The van der Waals surface area contributed by atoms with Gasteiger partial charge in [-0.2, -0.15) is 0 Å². The molecule has 1 N–H and O–H groups in total. The zero-order valence-corrected chi connectivity index (χ0v) is 16.4. The third-order valence-corrected chi connectivity index (χ3v) is 5.52. The molecule has 1 aliphatic heterocycles. The minimum Gasteiger partial charge on any atom is -0.307 e. The topological polar surface area (TPSA) is 71.4 Å². The number of hydrogen-bond acceptors (Lipinski definition) is 4. The van der Waals surface area contributed by atoms with Crippen molar-refractivity contribution in [3.05, 3.63) is 71.3 Å². The second-order valence-corrected chi connectivity index (χ2v) is 7.76. The van der Waals surface area contributed by atoms with Crippen LogP contribution in [0.15, 0.2) is 64.9 Å². The van der Waals surface area contributed by atoms with Gasteiger partial charge in [-0.1, -0.05) is 25.1 Å². The molecule has 29 heavy (non-hydrogen) atoms. The second-order valence-electron chi connectivity index (χ2n) is 7.76. The van der Waals surface area contributed by atoms with Crippen LogP contribution in [0.5, 0.6) is 0 Å². The maximum absolute atomic E-state index is 14.0. The lowest BCUT2D eigenvalue weighted by Crippen LogP contribution is -2.41. The SMILES string of the molecule is CC1=C(C(=O)Nc2ccccn2)[C@@H](c2cccc(F)c2)C2C(=O)C[C@H](C)CC2=N1. The zero-order chi connectivity index (χ0) is 20.5. The summed E-state index contributed by atoms with van der Waals surface area (Å²) in [4.78, 5) is 35.0. The van der Waals surface area contributed by atoms with E-state index < -0.39 is 17.7 Å². The summed E-state index contributed by atoms with van der Waals surface area (Å²) in [5.41, 5.74) is 2.34. The van der Waals surface area contributed by atoms with Crippen molar-refractivity contribution >= 4 is 23.2 Å². The Morgan fingerprint density at radius 2 is 1.97 bits per heavy atom. The number of anilines is 1. The van der Waals surface area contributed by atoms with Gasteiger partial charge in [-0.3, -0.25) is 14.6 Å². The highest BCUT2D eigenvalue weighted by molar-refractivity contribution is 6.14. The molecule has 1 amide bonds. The molecule has 0 bridgehead atoms. The highest BCUT2D eigenvalue weighted by Gasteiger charge is 2.44. The molecule has 0 radical (unpaired) electrons. The minimum absolute atomic E-state index is 0.0485. The number of pyridine rings is 1. The third kappa shape index (κ3) is 3.75. The van der Waals surface area contributed by atoms with E-state index in [0.717, 1.165) is 5.71 Å². The Balaban J connectivity index is 1.81. The summed E-state index contributed by atoms with van der Waals surface area (Å²) in [5, 5.41) is 2.79. The minimum atomic E-state index is -0.568. The van der Waals surface area contributed by atoms with Crippen LogP contribution >= 0.6 is 0 Å². The van der Waals surface area contributed by atoms with Crippen molar-refractivity contribution in [2.45, 2.75) is 32.6 Å². The Hall–Kier alpha value is -3.15. The predicted molar refractivity (Wildman–Crippen MR) is 109 cm³/mol. The smallest absolute Gasteiger partial charge is 0.255 e. The summed E-state index contributed by atoms with van der Waals surface area (Å²) in [6.45, 7) is 3.79. The molecule has 1 saturated carbocycles. The van der Waals surface area contributed by atoms with Crippen molar-refractivity contribution in [2.24, 2.45) is 16.8 Å². The normalized spacial score (nSPS) is 24.0. The molecule has 1 aromatic heterocycles. The summed E-state index contributed by atoms with van der Waals surface area (Å²) < 4.78 is 14.0. The lowest BCUT2D eigenvalue weighted by molar-refractivity contribution is -0.123. The van der Waals surface area contributed by atoms with Crippen LogP contribution < -0.4 is 5.32 Å². The van der Waals surface area contributed by atoms with Gasteiger partial charge in [-0.15, -0.1) is 0 Å². The van der Waals surface area contributed by atoms with Crippen molar-refractivity contribution in [2.75, 3.05) is 5.32 Å². The van der Waals surface area contributed by atoms with Gasteiger partial charge in [0, 0.05) is 35.5 Å². The first-order valence-electron chi connectivity index (χ1n) is 9.73. The number of aliphatic imine (C=N–C) groups is 1. The first-order chi connectivity index (χ1) is 13.9. The van der Waals surface area contributed by atoms with Crippen LogP contribution in [0.4, 0.5) is 10.2 Å². The average Bonchev–Trinajstić information content (AvgIpc) is 2.67. The molecule has 2 heterocycles. The number of Topliss-reactive ketones (excluding diaryl/α,β-unsaturated/α-hetero) is 1. The molecule has 1 unspecified atom stereocenters. The van der Waals surface area contributed by atoms with Crippen LogP contribution in [0.3, 0.4) is 0 Å². The molecule has 1 aromatic carbocycles. The standard InChI is InChI=1S/C23H22FN3O2/c1-13-10-17-22(18(28)11-13)21(15-6-5-7-16(24)12-15)20(14(2)26-17)23(29)27-19-8-3-4-9-25-19/h3-9,12-13,21-22H,10-11H2,1-2H3,(H,25,27,29)/t13-,21-,22?/m1/s1. The van der Waals surface area contributed by atoms with Crippen LogP contribution in [-0.4, -0.2) is 22.4 Å². The van der Waals surface area contributed by atoms with E-state index in [0.29, 0.717) is 35.5 Å². The van der Waals surface area contributed by atoms with E-state index in [4.69, 9.17) is 0 Å². The van der Waals surface area contributed by atoms with Crippen LogP contribution in [-0.2, 0) is 9.59 Å². The summed E-state index contributed by atoms with van der Waals surface area (Å²) in [7, 11) is 0. The van der Waals surface area contributed by atoms with E-state index in [1.807, 2.05) is 6.92 Å². The van der Waals surface area contributed by atoms with E-state index in [1.54, 1.807) is 43.5 Å². The van der Waals surface area contributed by atoms with Crippen LogP contribution in [0.25, 0.3) is 0 Å². The molecular formula is C23H22FN3O2. The molecule has 2 aliphatic rings. The first-order valence-corrected chi connectivity index (χ1v) is 9.73. The molecule has 3 atom stereocenters. The van der Waals surface area contributed by atoms with Gasteiger partial charge in [0.05, 0.1) is 5.92 Å². The molecule has 0 spiro atoms. The van der Waals surface area contributed by atoms with Gasteiger partial charge in [0.2, 0.25) is 0 Å². The Morgan fingerprint density at radius 1 is 1.14 bits per heavy atom. The van der Waals surface area contributed by atoms with E-state index in [-0.39, 0.29) is 17.6 Å². The van der Waals surface area contributed by atoms with Gasteiger partial charge in [0.15, 0.2) is 0 Å². The third-order valence-electron chi connectivity index (χ3n) is 5.52. The van der Waals surface area contributed by atoms with Crippen LogP contribution in [0.2, 0.25) is 0 Å².